The lowest BCUT2D eigenvalue weighted by Crippen LogP contribution is -2.32. The van der Waals surface area contributed by atoms with Gasteiger partial charge in [-0.1, -0.05) is 66.7 Å². The van der Waals surface area contributed by atoms with E-state index in [0.717, 1.165) is 16.7 Å². The van der Waals surface area contributed by atoms with Crippen LogP contribution in [0.15, 0.2) is 91.5 Å². The zero-order chi connectivity index (χ0) is 30.3. The number of ether oxygens (including phenoxy) is 4. The molecule has 0 radical (unpaired) electrons. The fourth-order valence-electron chi connectivity index (χ4n) is 6.02. The first-order valence-corrected chi connectivity index (χ1v) is 14.7. The molecule has 4 atom stereocenters. The summed E-state index contributed by atoms with van der Waals surface area (Å²) in [6.07, 6.45) is 1.61. The molecule has 2 aliphatic heterocycles. The van der Waals surface area contributed by atoms with Crippen molar-refractivity contribution in [2.75, 3.05) is 18.6 Å². The average Bonchev–Trinajstić information content (AvgIpc) is 3.68. The van der Waals surface area contributed by atoms with E-state index in [-0.39, 0.29) is 24.1 Å². The van der Waals surface area contributed by atoms with Crippen LogP contribution < -0.4 is 4.90 Å². The van der Waals surface area contributed by atoms with Gasteiger partial charge in [0, 0.05) is 13.6 Å². The number of halogens is 1. The third-order valence-corrected chi connectivity index (χ3v) is 8.02. The first-order chi connectivity index (χ1) is 21.3. The highest BCUT2D eigenvalue weighted by Gasteiger charge is 2.56. The number of anilines is 1. The van der Waals surface area contributed by atoms with Gasteiger partial charge in [0.1, 0.15) is 30.5 Å². The summed E-state index contributed by atoms with van der Waals surface area (Å²) in [6.45, 7) is 5.05. The first-order valence-electron chi connectivity index (χ1n) is 14.7. The lowest BCUT2D eigenvalue weighted by Gasteiger charge is -2.25. The normalized spacial score (nSPS) is 22.4. The number of hydrogen-bond donors (Lipinski definition) is 0. The number of nitrogens with zero attached hydrogens (tertiary/aromatic N) is 5. The Bertz CT molecular complexity index is 1750. The smallest absolute Gasteiger partial charge is 0.167 e. The van der Waals surface area contributed by atoms with Crippen LogP contribution in [0, 0.1) is 5.82 Å². The van der Waals surface area contributed by atoms with Crippen LogP contribution >= 0.6 is 0 Å². The molecule has 0 bridgehead atoms. The van der Waals surface area contributed by atoms with Gasteiger partial charge in [0.15, 0.2) is 29.0 Å². The minimum atomic E-state index is -0.773. The Morgan fingerprint density at radius 2 is 1.66 bits per heavy atom. The maximum absolute atomic E-state index is 13.8. The quantitative estimate of drug-likeness (QED) is 0.208. The summed E-state index contributed by atoms with van der Waals surface area (Å²) in [5.41, 5.74) is 5.47. The van der Waals surface area contributed by atoms with Crippen molar-refractivity contribution >= 4 is 17.0 Å². The van der Waals surface area contributed by atoms with Crippen LogP contribution in [0.25, 0.3) is 22.3 Å². The van der Waals surface area contributed by atoms with Crippen molar-refractivity contribution in [1.82, 2.24) is 19.5 Å². The number of fused-ring (bicyclic) bond motifs is 2. The van der Waals surface area contributed by atoms with Crippen molar-refractivity contribution in [2.45, 2.75) is 57.3 Å². The molecule has 0 aliphatic carbocycles. The van der Waals surface area contributed by atoms with Gasteiger partial charge in [-0.2, -0.15) is 0 Å². The van der Waals surface area contributed by atoms with E-state index in [4.69, 9.17) is 18.9 Å². The fourth-order valence-corrected chi connectivity index (χ4v) is 6.02. The molecule has 2 saturated heterocycles. The lowest BCUT2D eigenvalue weighted by molar-refractivity contribution is -0.202. The van der Waals surface area contributed by atoms with E-state index >= 15 is 0 Å². The molecule has 3 aromatic carbocycles. The van der Waals surface area contributed by atoms with E-state index in [2.05, 4.69) is 51.4 Å². The standard InChI is InChI=1S/C34H34FN5O4/c1-34(2)43-29-27(19-41-18-22-12-14-25(15-13-22)24-9-5-4-6-10-24)42-33(30(29)44-34)40-21-38-28-31(36-20-37-32(28)40)39(3)17-23-8-7-11-26(35)16-23/h4-16,20-21,27,29-30,33H,17-19H2,1-3H3/t27-,29-,30-,33-/m1/s1. The molecule has 0 N–H and O–H groups in total. The van der Waals surface area contributed by atoms with Gasteiger partial charge in [0.25, 0.3) is 0 Å². The van der Waals surface area contributed by atoms with Crippen molar-refractivity contribution < 1.29 is 23.3 Å². The van der Waals surface area contributed by atoms with E-state index < -0.39 is 12.0 Å². The highest BCUT2D eigenvalue weighted by Crippen LogP contribution is 2.44. The minimum Gasteiger partial charge on any atom is -0.374 e. The van der Waals surface area contributed by atoms with Gasteiger partial charge in [-0.3, -0.25) is 4.57 Å². The number of benzene rings is 3. The van der Waals surface area contributed by atoms with E-state index in [0.29, 0.717) is 36.7 Å². The minimum absolute atomic E-state index is 0.276. The van der Waals surface area contributed by atoms with Gasteiger partial charge in [0.05, 0.1) is 19.5 Å². The summed E-state index contributed by atoms with van der Waals surface area (Å²) in [5.74, 6) is -0.415. The van der Waals surface area contributed by atoms with E-state index in [1.54, 1.807) is 12.4 Å². The molecule has 10 heteroatoms. The van der Waals surface area contributed by atoms with Gasteiger partial charge < -0.3 is 23.8 Å². The molecule has 2 aliphatic rings. The molecular formula is C34H34FN5O4. The van der Waals surface area contributed by atoms with Gasteiger partial charge in [-0.15, -0.1) is 0 Å². The van der Waals surface area contributed by atoms with E-state index in [9.17, 15) is 4.39 Å². The predicted octanol–water partition coefficient (Wildman–Crippen LogP) is 5.90. The second kappa shape index (κ2) is 11.7. The molecule has 7 rings (SSSR count). The van der Waals surface area contributed by atoms with Crippen LogP contribution in [-0.2, 0) is 32.1 Å². The molecule has 2 fully saturated rings. The Labute approximate surface area is 255 Å². The Kier molecular flexibility index (Phi) is 7.59. The molecule has 0 saturated carbocycles. The van der Waals surface area contributed by atoms with Crippen molar-refractivity contribution in [3.05, 3.63) is 108 Å². The monoisotopic (exact) mass is 595 g/mol. The predicted molar refractivity (Wildman–Crippen MR) is 163 cm³/mol. The summed E-state index contributed by atoms with van der Waals surface area (Å²) >= 11 is 0. The highest BCUT2D eigenvalue weighted by molar-refractivity contribution is 5.83. The maximum Gasteiger partial charge on any atom is 0.167 e. The SMILES string of the molecule is CN(Cc1cccc(F)c1)c1ncnc2c1ncn2[C@@H]1O[C@H](COCc2ccc(-c3ccccc3)cc2)[C@H]2OC(C)(C)O[C@H]21. The molecule has 0 spiro atoms. The van der Waals surface area contributed by atoms with Gasteiger partial charge in [0.2, 0.25) is 0 Å². The summed E-state index contributed by atoms with van der Waals surface area (Å²) in [7, 11) is 1.90. The molecule has 2 aromatic heterocycles. The van der Waals surface area contributed by atoms with Gasteiger partial charge in [-0.05, 0) is 48.2 Å². The Balaban J connectivity index is 1.07. The van der Waals surface area contributed by atoms with Crippen LogP contribution in [0.3, 0.4) is 0 Å². The molecular weight excluding hydrogens is 561 g/mol. The molecule has 226 valence electrons. The van der Waals surface area contributed by atoms with Crippen LogP contribution in [0.1, 0.15) is 31.2 Å². The maximum atomic E-state index is 13.8. The summed E-state index contributed by atoms with van der Waals surface area (Å²) < 4.78 is 41.0. The number of aromatic nitrogens is 4. The van der Waals surface area contributed by atoms with Crippen molar-refractivity contribution in [1.29, 1.82) is 0 Å². The molecule has 0 amide bonds. The van der Waals surface area contributed by atoms with Crippen LogP contribution in [0.5, 0.6) is 0 Å². The second-order valence-corrected chi connectivity index (χ2v) is 11.7. The van der Waals surface area contributed by atoms with Crippen LogP contribution in [-0.4, -0.2) is 57.3 Å². The summed E-state index contributed by atoms with van der Waals surface area (Å²) in [5, 5.41) is 0. The molecule has 9 nitrogen and oxygen atoms in total. The lowest BCUT2D eigenvalue weighted by atomic mass is 10.0. The Hall–Kier alpha value is -4.22. The molecule has 5 aromatic rings. The molecule has 0 unspecified atom stereocenters. The molecule has 4 heterocycles. The zero-order valence-electron chi connectivity index (χ0n) is 24.8. The zero-order valence-corrected chi connectivity index (χ0v) is 24.8. The third kappa shape index (κ3) is 5.69. The highest BCUT2D eigenvalue weighted by atomic mass is 19.1. The summed E-state index contributed by atoms with van der Waals surface area (Å²) in [4.78, 5) is 15.6. The van der Waals surface area contributed by atoms with Crippen molar-refractivity contribution in [3.8, 4) is 11.1 Å². The average molecular weight is 596 g/mol. The third-order valence-electron chi connectivity index (χ3n) is 8.02. The van der Waals surface area contributed by atoms with Crippen molar-refractivity contribution in [2.24, 2.45) is 0 Å². The topological polar surface area (TPSA) is 83.8 Å². The number of hydrogen-bond acceptors (Lipinski definition) is 8. The molecule has 44 heavy (non-hydrogen) atoms. The Morgan fingerprint density at radius 1 is 0.886 bits per heavy atom. The Morgan fingerprint density at radius 3 is 2.45 bits per heavy atom. The van der Waals surface area contributed by atoms with E-state index in [1.807, 2.05) is 54.6 Å². The first kappa shape index (κ1) is 28.5. The van der Waals surface area contributed by atoms with Crippen molar-refractivity contribution in [3.63, 3.8) is 0 Å². The second-order valence-electron chi connectivity index (χ2n) is 11.7. The number of imidazole rings is 1. The van der Waals surface area contributed by atoms with E-state index in [1.165, 1.54) is 24.0 Å². The van der Waals surface area contributed by atoms with Gasteiger partial charge >= 0.3 is 0 Å². The number of rotatable bonds is 9. The van der Waals surface area contributed by atoms with Gasteiger partial charge in [-0.25, -0.2) is 19.3 Å². The van der Waals surface area contributed by atoms with Crippen LogP contribution in [0.4, 0.5) is 10.2 Å². The fraction of sp³-hybridized carbons (Fsp3) is 0.324. The summed E-state index contributed by atoms with van der Waals surface area (Å²) in [6, 6.07) is 25.2. The largest absolute Gasteiger partial charge is 0.374 e. The van der Waals surface area contributed by atoms with Crippen LogP contribution in [0.2, 0.25) is 0 Å².